The standard InChI is InChI=1S/C18H21NO/c1-11-8-14(9-12(2)18(11)20-3)17(19)16-10-13-6-4-5-7-15(13)16/h4-9,16-17H,10,19H2,1-3H3. The first-order valence-electron chi connectivity index (χ1n) is 7.10. The van der Waals surface area contributed by atoms with Gasteiger partial charge in [-0.3, -0.25) is 0 Å². The molecule has 1 aliphatic rings. The summed E-state index contributed by atoms with van der Waals surface area (Å²) in [5.74, 6) is 1.41. The van der Waals surface area contributed by atoms with E-state index in [-0.39, 0.29) is 6.04 Å². The van der Waals surface area contributed by atoms with Gasteiger partial charge in [-0.2, -0.15) is 0 Å². The maximum atomic E-state index is 6.50. The van der Waals surface area contributed by atoms with Gasteiger partial charge in [0.25, 0.3) is 0 Å². The second-order valence-electron chi connectivity index (χ2n) is 5.72. The molecule has 1 aliphatic carbocycles. The van der Waals surface area contributed by atoms with E-state index in [9.17, 15) is 0 Å². The molecule has 2 nitrogen and oxygen atoms in total. The van der Waals surface area contributed by atoms with E-state index < -0.39 is 0 Å². The third-order valence-corrected chi connectivity index (χ3v) is 4.40. The van der Waals surface area contributed by atoms with E-state index in [2.05, 4.69) is 50.2 Å². The second-order valence-corrected chi connectivity index (χ2v) is 5.72. The van der Waals surface area contributed by atoms with Crippen molar-refractivity contribution in [3.63, 3.8) is 0 Å². The highest BCUT2D eigenvalue weighted by atomic mass is 16.5. The maximum Gasteiger partial charge on any atom is 0.124 e. The molecule has 3 rings (SSSR count). The van der Waals surface area contributed by atoms with E-state index in [1.165, 1.54) is 16.7 Å². The number of fused-ring (bicyclic) bond motifs is 1. The second kappa shape index (κ2) is 4.95. The minimum Gasteiger partial charge on any atom is -0.496 e. The van der Waals surface area contributed by atoms with Crippen LogP contribution in [0.1, 0.15) is 39.8 Å². The Morgan fingerprint density at radius 2 is 1.80 bits per heavy atom. The van der Waals surface area contributed by atoms with Crippen LogP contribution in [0, 0.1) is 13.8 Å². The van der Waals surface area contributed by atoms with E-state index in [0.29, 0.717) is 5.92 Å². The molecule has 0 aliphatic heterocycles. The summed E-state index contributed by atoms with van der Waals surface area (Å²) in [5, 5.41) is 0. The molecule has 2 aromatic carbocycles. The number of benzene rings is 2. The number of rotatable bonds is 3. The molecule has 0 aromatic heterocycles. The lowest BCUT2D eigenvalue weighted by molar-refractivity contribution is 0.407. The minimum atomic E-state index is 0.0632. The van der Waals surface area contributed by atoms with Crippen molar-refractivity contribution in [1.82, 2.24) is 0 Å². The molecule has 2 heteroatoms. The first-order valence-corrected chi connectivity index (χ1v) is 7.10. The molecule has 0 radical (unpaired) electrons. The first-order chi connectivity index (χ1) is 9.61. The molecule has 2 N–H and O–H groups in total. The molecule has 0 saturated carbocycles. The van der Waals surface area contributed by atoms with Crippen LogP contribution in [-0.4, -0.2) is 7.11 Å². The highest BCUT2D eigenvalue weighted by Gasteiger charge is 2.31. The van der Waals surface area contributed by atoms with Gasteiger partial charge in [0.1, 0.15) is 5.75 Å². The molecule has 104 valence electrons. The Bertz CT molecular complexity index is 625. The summed E-state index contributed by atoms with van der Waals surface area (Å²) in [6.07, 6.45) is 1.08. The zero-order valence-corrected chi connectivity index (χ0v) is 12.3. The third kappa shape index (κ3) is 2.01. The Labute approximate surface area is 120 Å². The summed E-state index contributed by atoms with van der Waals surface area (Å²) in [6, 6.07) is 13.0. The van der Waals surface area contributed by atoms with Crippen molar-refractivity contribution in [2.24, 2.45) is 5.73 Å². The van der Waals surface area contributed by atoms with Crippen molar-refractivity contribution < 1.29 is 4.74 Å². The fourth-order valence-electron chi connectivity index (χ4n) is 3.35. The lowest BCUT2D eigenvalue weighted by atomic mass is 9.72. The Morgan fingerprint density at radius 3 is 2.40 bits per heavy atom. The molecule has 0 heterocycles. The molecule has 2 atom stereocenters. The van der Waals surface area contributed by atoms with Gasteiger partial charge in [0, 0.05) is 12.0 Å². The highest BCUT2D eigenvalue weighted by molar-refractivity contribution is 5.47. The lowest BCUT2D eigenvalue weighted by Crippen LogP contribution is -2.29. The predicted octanol–water partition coefficient (Wildman–Crippen LogP) is 3.65. The van der Waals surface area contributed by atoms with Crippen molar-refractivity contribution in [1.29, 1.82) is 0 Å². The summed E-state index contributed by atoms with van der Waals surface area (Å²) in [5.41, 5.74) is 12.9. The number of ether oxygens (including phenoxy) is 1. The van der Waals surface area contributed by atoms with Crippen LogP contribution < -0.4 is 10.5 Å². The van der Waals surface area contributed by atoms with Crippen molar-refractivity contribution in [3.05, 3.63) is 64.2 Å². The Balaban J connectivity index is 1.91. The van der Waals surface area contributed by atoms with E-state index in [4.69, 9.17) is 10.5 Å². The average Bonchev–Trinajstić information content (AvgIpc) is 2.39. The van der Waals surface area contributed by atoms with E-state index in [1.807, 2.05) is 0 Å². The first kappa shape index (κ1) is 13.2. The summed E-state index contributed by atoms with van der Waals surface area (Å²) >= 11 is 0. The third-order valence-electron chi connectivity index (χ3n) is 4.40. The summed E-state index contributed by atoms with van der Waals surface area (Å²) < 4.78 is 5.43. The van der Waals surface area contributed by atoms with Crippen LogP contribution >= 0.6 is 0 Å². The monoisotopic (exact) mass is 267 g/mol. The number of hydrogen-bond donors (Lipinski definition) is 1. The van der Waals surface area contributed by atoms with Gasteiger partial charge in [0.05, 0.1) is 7.11 Å². The fourth-order valence-corrected chi connectivity index (χ4v) is 3.35. The van der Waals surface area contributed by atoms with Gasteiger partial charge in [-0.15, -0.1) is 0 Å². The zero-order chi connectivity index (χ0) is 14.3. The quantitative estimate of drug-likeness (QED) is 0.921. The average molecular weight is 267 g/mol. The van der Waals surface area contributed by atoms with Gasteiger partial charge >= 0.3 is 0 Å². The smallest absolute Gasteiger partial charge is 0.124 e. The molecular formula is C18H21NO. The van der Waals surface area contributed by atoms with E-state index in [1.54, 1.807) is 7.11 Å². The van der Waals surface area contributed by atoms with Crippen LogP contribution in [0.4, 0.5) is 0 Å². The van der Waals surface area contributed by atoms with Crippen LogP contribution in [-0.2, 0) is 6.42 Å². The van der Waals surface area contributed by atoms with Crippen LogP contribution in [0.3, 0.4) is 0 Å². The Morgan fingerprint density at radius 1 is 1.15 bits per heavy atom. The molecule has 0 amide bonds. The fraction of sp³-hybridized carbons (Fsp3) is 0.333. The molecule has 0 saturated heterocycles. The molecule has 2 aromatic rings. The van der Waals surface area contributed by atoms with Crippen molar-refractivity contribution in [3.8, 4) is 5.75 Å². The zero-order valence-electron chi connectivity index (χ0n) is 12.3. The van der Waals surface area contributed by atoms with Crippen molar-refractivity contribution in [2.75, 3.05) is 7.11 Å². The highest BCUT2D eigenvalue weighted by Crippen LogP contribution is 2.43. The number of nitrogens with two attached hydrogens (primary N) is 1. The van der Waals surface area contributed by atoms with Gasteiger partial charge in [-0.05, 0) is 48.1 Å². The molecule has 0 spiro atoms. The topological polar surface area (TPSA) is 35.2 Å². The van der Waals surface area contributed by atoms with E-state index >= 15 is 0 Å². The van der Waals surface area contributed by atoms with Gasteiger partial charge in [0.2, 0.25) is 0 Å². The Hall–Kier alpha value is -1.80. The molecule has 0 bridgehead atoms. The van der Waals surface area contributed by atoms with Crippen LogP contribution in [0.2, 0.25) is 0 Å². The number of methoxy groups -OCH3 is 1. The SMILES string of the molecule is COc1c(C)cc(C(N)C2Cc3ccccc32)cc1C. The van der Waals surface area contributed by atoms with Crippen molar-refractivity contribution >= 4 is 0 Å². The van der Waals surface area contributed by atoms with Gasteiger partial charge < -0.3 is 10.5 Å². The largest absolute Gasteiger partial charge is 0.496 e. The number of hydrogen-bond acceptors (Lipinski definition) is 2. The minimum absolute atomic E-state index is 0.0632. The van der Waals surface area contributed by atoms with Gasteiger partial charge in [0.15, 0.2) is 0 Å². The van der Waals surface area contributed by atoms with Crippen LogP contribution in [0.25, 0.3) is 0 Å². The maximum absolute atomic E-state index is 6.50. The van der Waals surface area contributed by atoms with Crippen LogP contribution in [0.5, 0.6) is 5.75 Å². The summed E-state index contributed by atoms with van der Waals surface area (Å²) in [7, 11) is 1.72. The molecular weight excluding hydrogens is 246 g/mol. The Kier molecular flexibility index (Phi) is 3.27. The number of aryl methyl sites for hydroxylation is 2. The molecule has 20 heavy (non-hydrogen) atoms. The normalized spacial score (nSPS) is 18.1. The summed E-state index contributed by atoms with van der Waals surface area (Å²) in [4.78, 5) is 0. The predicted molar refractivity (Wildman–Crippen MR) is 82.3 cm³/mol. The van der Waals surface area contributed by atoms with Crippen LogP contribution in [0.15, 0.2) is 36.4 Å². The van der Waals surface area contributed by atoms with E-state index in [0.717, 1.165) is 23.3 Å². The van der Waals surface area contributed by atoms with Gasteiger partial charge in [-0.1, -0.05) is 36.4 Å². The van der Waals surface area contributed by atoms with Gasteiger partial charge in [-0.25, -0.2) is 0 Å². The summed E-state index contributed by atoms with van der Waals surface area (Å²) in [6.45, 7) is 4.16. The molecule has 0 fully saturated rings. The lowest BCUT2D eigenvalue weighted by Gasteiger charge is -2.35. The van der Waals surface area contributed by atoms with Crippen molar-refractivity contribution in [2.45, 2.75) is 32.2 Å². The molecule has 2 unspecified atom stereocenters.